The minimum absolute atomic E-state index is 0.0379. The zero-order valence-electron chi connectivity index (χ0n) is 6.88. The highest BCUT2D eigenvalue weighted by molar-refractivity contribution is 6.49. The van der Waals surface area contributed by atoms with Gasteiger partial charge in [-0.3, -0.25) is 0 Å². The van der Waals surface area contributed by atoms with Crippen LogP contribution in [0.2, 0.25) is 10.0 Å². The van der Waals surface area contributed by atoms with Gasteiger partial charge < -0.3 is 0 Å². The molecule has 1 aromatic rings. The van der Waals surface area contributed by atoms with Crippen LogP contribution in [-0.2, 0) is 4.33 Å². The summed E-state index contributed by atoms with van der Waals surface area (Å²) in [4.78, 5) is 0. The van der Waals surface area contributed by atoms with Crippen LogP contribution in [-0.4, -0.2) is 6.18 Å². The van der Waals surface area contributed by atoms with Gasteiger partial charge in [-0.15, -0.1) is 0 Å². The molecule has 0 saturated heterocycles. The Kier molecular flexibility index (Phi) is 3.71. The van der Waals surface area contributed by atoms with Crippen LogP contribution in [0.1, 0.15) is 5.56 Å². The molecule has 0 spiro atoms. The largest absolute Gasteiger partial charge is 0.425 e. The van der Waals surface area contributed by atoms with Crippen molar-refractivity contribution in [2.75, 3.05) is 0 Å². The summed E-state index contributed by atoms with van der Waals surface area (Å²) in [6.45, 7) is 0. The van der Waals surface area contributed by atoms with Gasteiger partial charge in [0, 0.05) is 0 Å². The van der Waals surface area contributed by atoms with Gasteiger partial charge in [0.25, 0.3) is 0 Å². The molecule has 1 aromatic carbocycles. The number of alkyl halides is 5. The van der Waals surface area contributed by atoms with Gasteiger partial charge in [0.2, 0.25) is 4.33 Å². The summed E-state index contributed by atoms with van der Waals surface area (Å²) in [6, 6.07) is 3.25. The highest BCUT2D eigenvalue weighted by Gasteiger charge is 2.54. The first-order valence-electron chi connectivity index (χ1n) is 3.56. The van der Waals surface area contributed by atoms with E-state index < -0.39 is 10.5 Å². The lowest BCUT2D eigenvalue weighted by atomic mass is 10.1. The van der Waals surface area contributed by atoms with E-state index in [0.717, 1.165) is 12.1 Å². The van der Waals surface area contributed by atoms with Crippen LogP contribution >= 0.6 is 46.4 Å². The summed E-state index contributed by atoms with van der Waals surface area (Å²) in [5.41, 5.74) is -0.368. The molecule has 0 aliphatic rings. The predicted molar refractivity (Wildman–Crippen MR) is 55.9 cm³/mol. The van der Waals surface area contributed by atoms with Crippen molar-refractivity contribution in [2.24, 2.45) is 0 Å². The van der Waals surface area contributed by atoms with Gasteiger partial charge in [-0.2, -0.15) is 13.2 Å². The number of hydrogen-bond acceptors (Lipinski definition) is 0. The molecule has 7 heteroatoms. The van der Waals surface area contributed by atoms with Gasteiger partial charge in [-0.1, -0.05) is 52.5 Å². The molecule has 15 heavy (non-hydrogen) atoms. The molecule has 0 aliphatic heterocycles. The van der Waals surface area contributed by atoms with E-state index in [9.17, 15) is 13.2 Å². The van der Waals surface area contributed by atoms with Crippen molar-refractivity contribution in [1.29, 1.82) is 0 Å². The van der Waals surface area contributed by atoms with E-state index in [4.69, 9.17) is 46.4 Å². The average molecular weight is 298 g/mol. The second-order valence-corrected chi connectivity index (χ2v) is 4.84. The SMILES string of the molecule is FC(F)(F)C(Cl)(Cl)c1ccc(Cl)c(Cl)c1. The number of halogens is 7. The monoisotopic (exact) mass is 296 g/mol. The van der Waals surface area contributed by atoms with Gasteiger partial charge in [0.15, 0.2) is 0 Å². The van der Waals surface area contributed by atoms with Crippen molar-refractivity contribution < 1.29 is 13.2 Å². The second-order valence-electron chi connectivity index (χ2n) is 2.70. The smallest absolute Gasteiger partial charge is 0.167 e. The molecular weight excluding hydrogens is 295 g/mol. The topological polar surface area (TPSA) is 0 Å². The van der Waals surface area contributed by atoms with Crippen LogP contribution in [0.5, 0.6) is 0 Å². The standard InChI is InChI=1S/C8H3Cl4F3/c9-5-2-1-4(3-6(5)10)7(11,12)8(13,14)15/h1-3H. The molecule has 1 rings (SSSR count). The Hall–Kier alpha value is 0.170. The van der Waals surface area contributed by atoms with Crippen molar-refractivity contribution in [3.63, 3.8) is 0 Å². The first-order valence-corrected chi connectivity index (χ1v) is 5.07. The van der Waals surface area contributed by atoms with Crippen molar-refractivity contribution in [2.45, 2.75) is 10.5 Å². The van der Waals surface area contributed by atoms with E-state index in [1.54, 1.807) is 0 Å². The first-order chi connectivity index (χ1) is 6.66. The third kappa shape index (κ3) is 2.64. The van der Waals surface area contributed by atoms with Gasteiger partial charge >= 0.3 is 6.18 Å². The summed E-state index contributed by atoms with van der Waals surface area (Å²) in [5.74, 6) is 0. The number of benzene rings is 1. The first kappa shape index (κ1) is 13.2. The Morgan fingerprint density at radius 1 is 0.933 bits per heavy atom. The Labute approximate surface area is 104 Å². The Morgan fingerprint density at radius 3 is 1.87 bits per heavy atom. The zero-order valence-corrected chi connectivity index (χ0v) is 9.90. The fraction of sp³-hybridized carbons (Fsp3) is 0.250. The second kappa shape index (κ2) is 4.21. The van der Waals surface area contributed by atoms with Gasteiger partial charge in [0.1, 0.15) is 0 Å². The van der Waals surface area contributed by atoms with Crippen molar-refractivity contribution >= 4 is 46.4 Å². The summed E-state index contributed by atoms with van der Waals surface area (Å²) in [6.07, 6.45) is -4.78. The molecule has 0 aromatic heterocycles. The van der Waals surface area contributed by atoms with E-state index in [1.165, 1.54) is 6.07 Å². The molecule has 0 radical (unpaired) electrons. The fourth-order valence-electron chi connectivity index (χ4n) is 0.855. The summed E-state index contributed by atoms with van der Waals surface area (Å²) in [7, 11) is 0. The summed E-state index contributed by atoms with van der Waals surface area (Å²) in [5, 5.41) is 0.0933. The van der Waals surface area contributed by atoms with Crippen molar-refractivity contribution in [3.05, 3.63) is 33.8 Å². The summed E-state index contributed by atoms with van der Waals surface area (Å²) >= 11 is 21.5. The van der Waals surface area contributed by atoms with Crippen molar-refractivity contribution in [1.82, 2.24) is 0 Å². The third-order valence-corrected chi connectivity index (χ3v) is 3.24. The lowest BCUT2D eigenvalue weighted by molar-refractivity contribution is -0.143. The maximum Gasteiger partial charge on any atom is 0.425 e. The highest BCUT2D eigenvalue weighted by Crippen LogP contribution is 2.48. The van der Waals surface area contributed by atoms with Gasteiger partial charge in [0.05, 0.1) is 10.0 Å². The van der Waals surface area contributed by atoms with E-state index >= 15 is 0 Å². The molecule has 0 N–H and O–H groups in total. The molecule has 0 unspecified atom stereocenters. The molecule has 0 aliphatic carbocycles. The molecule has 0 bridgehead atoms. The van der Waals surface area contributed by atoms with Crippen LogP contribution < -0.4 is 0 Å². The molecule has 0 heterocycles. The van der Waals surface area contributed by atoms with Gasteiger partial charge in [-0.25, -0.2) is 0 Å². The maximum absolute atomic E-state index is 12.4. The minimum atomic E-state index is -4.78. The van der Waals surface area contributed by atoms with E-state index in [-0.39, 0.29) is 15.6 Å². The van der Waals surface area contributed by atoms with Crippen LogP contribution in [0, 0.1) is 0 Å². The molecule has 0 amide bonds. The molecular formula is C8H3Cl4F3. The minimum Gasteiger partial charge on any atom is -0.167 e. The molecule has 84 valence electrons. The van der Waals surface area contributed by atoms with Crippen LogP contribution in [0.3, 0.4) is 0 Å². The predicted octanol–water partition coefficient (Wildman–Crippen LogP) is 5.19. The van der Waals surface area contributed by atoms with Gasteiger partial charge in [-0.05, 0) is 17.7 Å². The lowest BCUT2D eigenvalue weighted by Crippen LogP contribution is -2.31. The molecule has 0 fully saturated rings. The number of hydrogen-bond donors (Lipinski definition) is 0. The Morgan fingerprint density at radius 2 is 1.47 bits per heavy atom. The molecule has 0 saturated carbocycles. The Balaban J connectivity index is 3.22. The van der Waals surface area contributed by atoms with E-state index in [2.05, 4.69) is 0 Å². The fourth-order valence-corrected chi connectivity index (χ4v) is 1.39. The van der Waals surface area contributed by atoms with Crippen LogP contribution in [0.15, 0.2) is 18.2 Å². The average Bonchev–Trinajstić information content (AvgIpc) is 2.07. The zero-order chi connectivity index (χ0) is 11.9. The lowest BCUT2D eigenvalue weighted by Gasteiger charge is -2.23. The van der Waals surface area contributed by atoms with Crippen LogP contribution in [0.4, 0.5) is 13.2 Å². The molecule has 0 atom stereocenters. The Bertz CT molecular complexity index is 373. The van der Waals surface area contributed by atoms with Crippen LogP contribution in [0.25, 0.3) is 0 Å². The van der Waals surface area contributed by atoms with E-state index in [0.29, 0.717) is 0 Å². The molecule has 0 nitrogen and oxygen atoms in total. The van der Waals surface area contributed by atoms with E-state index in [1.807, 2.05) is 0 Å². The third-order valence-electron chi connectivity index (χ3n) is 1.64. The van der Waals surface area contributed by atoms with Crippen molar-refractivity contribution in [3.8, 4) is 0 Å². The summed E-state index contributed by atoms with van der Waals surface area (Å²) < 4.78 is 34.2. The number of rotatable bonds is 1. The quantitative estimate of drug-likeness (QED) is 0.626. The highest BCUT2D eigenvalue weighted by atomic mass is 35.5. The normalized spacial score (nSPS) is 13.0. The maximum atomic E-state index is 12.4.